The third-order valence-corrected chi connectivity index (χ3v) is 2.63. The van der Waals surface area contributed by atoms with Crippen molar-refractivity contribution in [2.24, 2.45) is 0 Å². The van der Waals surface area contributed by atoms with Crippen LogP contribution in [0, 0.1) is 0 Å². The van der Waals surface area contributed by atoms with Crippen molar-refractivity contribution in [1.29, 1.82) is 0 Å². The van der Waals surface area contributed by atoms with Gasteiger partial charge in [-0.25, -0.2) is 4.79 Å². The van der Waals surface area contributed by atoms with Crippen molar-refractivity contribution in [1.82, 2.24) is 4.98 Å². The van der Waals surface area contributed by atoms with Gasteiger partial charge in [0.15, 0.2) is 6.29 Å². The Morgan fingerprint density at radius 1 is 1.47 bits per heavy atom. The number of rotatable bonds is 2. The summed E-state index contributed by atoms with van der Waals surface area (Å²) in [7, 11) is 0. The molecule has 0 atom stereocenters. The monoisotopic (exact) mass is 267 g/mol. The Morgan fingerprint density at radius 2 is 2.20 bits per heavy atom. The number of carboxylic acid groups (broad SMARTS) is 1. The summed E-state index contributed by atoms with van der Waals surface area (Å²) in [5.74, 6) is -1.13. The lowest BCUT2D eigenvalue weighted by Gasteiger charge is -1.91. The molecule has 0 radical (unpaired) electrons. The van der Waals surface area contributed by atoms with Crippen molar-refractivity contribution in [3.63, 3.8) is 0 Å². The van der Waals surface area contributed by atoms with E-state index in [9.17, 15) is 9.59 Å². The highest BCUT2D eigenvalue weighted by Gasteiger charge is 2.16. The number of carboxylic acids is 1. The summed E-state index contributed by atoms with van der Waals surface area (Å²) in [6.45, 7) is 0. The van der Waals surface area contributed by atoms with Crippen LogP contribution in [0.25, 0.3) is 10.9 Å². The van der Waals surface area contributed by atoms with Crippen LogP contribution in [-0.2, 0) is 0 Å². The van der Waals surface area contributed by atoms with E-state index in [1.807, 2.05) is 0 Å². The average molecular weight is 268 g/mol. The van der Waals surface area contributed by atoms with Crippen molar-refractivity contribution >= 4 is 39.1 Å². The first-order chi connectivity index (χ1) is 7.13. The second-order valence-electron chi connectivity index (χ2n) is 3.03. The molecule has 1 aromatic carbocycles. The molecule has 0 aliphatic rings. The Labute approximate surface area is 93.0 Å². The minimum Gasteiger partial charge on any atom is -0.477 e. The van der Waals surface area contributed by atoms with Gasteiger partial charge >= 0.3 is 5.97 Å². The van der Waals surface area contributed by atoms with Crippen LogP contribution in [0.15, 0.2) is 22.7 Å². The molecule has 0 unspecified atom stereocenters. The van der Waals surface area contributed by atoms with Gasteiger partial charge in [-0.05, 0) is 18.2 Å². The number of hydrogen-bond donors (Lipinski definition) is 2. The molecule has 0 saturated carbocycles. The van der Waals surface area contributed by atoms with Crippen LogP contribution >= 0.6 is 15.9 Å². The molecular formula is C10H6BrNO3. The van der Waals surface area contributed by atoms with Crippen molar-refractivity contribution < 1.29 is 14.7 Å². The molecule has 2 aromatic rings. The van der Waals surface area contributed by atoms with E-state index in [0.717, 1.165) is 4.47 Å². The highest BCUT2D eigenvalue weighted by atomic mass is 79.9. The Balaban J connectivity index is 2.85. The summed E-state index contributed by atoms with van der Waals surface area (Å²) in [5, 5.41) is 9.47. The third-order valence-electron chi connectivity index (χ3n) is 2.13. The van der Waals surface area contributed by atoms with E-state index >= 15 is 0 Å². The van der Waals surface area contributed by atoms with Crippen LogP contribution in [0.5, 0.6) is 0 Å². The van der Waals surface area contributed by atoms with Crippen LogP contribution in [0.2, 0.25) is 0 Å². The molecule has 2 rings (SSSR count). The first kappa shape index (κ1) is 9.92. The smallest absolute Gasteiger partial charge is 0.353 e. The lowest BCUT2D eigenvalue weighted by molar-refractivity contribution is 0.0688. The number of fused-ring (bicyclic) bond motifs is 1. The number of nitrogens with one attached hydrogen (secondary N) is 1. The van der Waals surface area contributed by atoms with Crippen molar-refractivity contribution in [2.75, 3.05) is 0 Å². The maximum Gasteiger partial charge on any atom is 0.353 e. The van der Waals surface area contributed by atoms with Crippen LogP contribution in [-0.4, -0.2) is 22.3 Å². The number of carbonyl (C=O) groups excluding carboxylic acids is 1. The minimum absolute atomic E-state index is 0.0712. The lowest BCUT2D eigenvalue weighted by atomic mass is 10.1. The lowest BCUT2D eigenvalue weighted by Crippen LogP contribution is -2.00. The van der Waals surface area contributed by atoms with E-state index in [2.05, 4.69) is 20.9 Å². The molecule has 0 aliphatic carbocycles. The Kier molecular flexibility index (Phi) is 2.32. The van der Waals surface area contributed by atoms with E-state index in [-0.39, 0.29) is 11.3 Å². The van der Waals surface area contributed by atoms with E-state index in [0.29, 0.717) is 17.2 Å². The summed E-state index contributed by atoms with van der Waals surface area (Å²) >= 11 is 3.26. The van der Waals surface area contributed by atoms with Gasteiger partial charge in [-0.3, -0.25) is 4.79 Å². The van der Waals surface area contributed by atoms with Gasteiger partial charge in [0.1, 0.15) is 5.69 Å². The number of aldehydes is 1. The number of aromatic amines is 1. The minimum atomic E-state index is -1.13. The number of carbonyl (C=O) groups is 2. The SMILES string of the molecule is O=Cc1c(C(=O)O)[nH]c2ccc(Br)cc12. The highest BCUT2D eigenvalue weighted by molar-refractivity contribution is 9.10. The second kappa shape index (κ2) is 3.51. The second-order valence-corrected chi connectivity index (χ2v) is 3.94. The predicted molar refractivity (Wildman–Crippen MR) is 58.3 cm³/mol. The van der Waals surface area contributed by atoms with Gasteiger partial charge in [0, 0.05) is 15.4 Å². The van der Waals surface area contributed by atoms with E-state index in [1.54, 1.807) is 18.2 Å². The maximum atomic E-state index is 10.8. The molecule has 0 saturated heterocycles. The number of aromatic nitrogens is 1. The zero-order valence-electron chi connectivity index (χ0n) is 7.45. The number of benzene rings is 1. The van der Waals surface area contributed by atoms with Crippen LogP contribution in [0.3, 0.4) is 0 Å². The van der Waals surface area contributed by atoms with E-state index < -0.39 is 5.97 Å². The zero-order chi connectivity index (χ0) is 11.0. The molecule has 0 aliphatic heterocycles. The molecule has 2 N–H and O–H groups in total. The molecule has 0 spiro atoms. The van der Waals surface area contributed by atoms with Crippen LogP contribution in [0.1, 0.15) is 20.8 Å². The molecule has 1 aromatic heterocycles. The van der Waals surface area contributed by atoms with Crippen LogP contribution < -0.4 is 0 Å². The largest absolute Gasteiger partial charge is 0.477 e. The van der Waals surface area contributed by atoms with E-state index in [1.165, 1.54) is 0 Å². The summed E-state index contributed by atoms with van der Waals surface area (Å²) < 4.78 is 0.800. The third kappa shape index (κ3) is 1.55. The first-order valence-electron chi connectivity index (χ1n) is 4.13. The Bertz CT molecular complexity index is 559. The van der Waals surface area contributed by atoms with Crippen LogP contribution in [0.4, 0.5) is 0 Å². The molecule has 0 amide bonds. The van der Waals surface area contributed by atoms with Crippen molar-refractivity contribution in [3.05, 3.63) is 33.9 Å². The van der Waals surface area contributed by atoms with Gasteiger partial charge in [0.25, 0.3) is 0 Å². The summed E-state index contributed by atoms with van der Waals surface area (Å²) in [4.78, 5) is 24.3. The Morgan fingerprint density at radius 3 is 2.80 bits per heavy atom. The summed E-state index contributed by atoms with van der Waals surface area (Å²) in [6.07, 6.45) is 0.550. The van der Waals surface area contributed by atoms with Gasteiger partial charge in [-0.2, -0.15) is 0 Å². The van der Waals surface area contributed by atoms with Gasteiger partial charge < -0.3 is 10.1 Å². The predicted octanol–water partition coefficient (Wildman–Crippen LogP) is 2.44. The highest BCUT2D eigenvalue weighted by Crippen LogP contribution is 2.24. The van der Waals surface area contributed by atoms with Crippen molar-refractivity contribution in [2.45, 2.75) is 0 Å². The van der Waals surface area contributed by atoms with Gasteiger partial charge in [-0.15, -0.1) is 0 Å². The van der Waals surface area contributed by atoms with Gasteiger partial charge in [-0.1, -0.05) is 15.9 Å². The van der Waals surface area contributed by atoms with Gasteiger partial charge in [0.05, 0.1) is 5.56 Å². The molecule has 0 bridgehead atoms. The fraction of sp³-hybridized carbons (Fsp3) is 0. The Hall–Kier alpha value is -1.62. The van der Waals surface area contributed by atoms with Gasteiger partial charge in [0.2, 0.25) is 0 Å². The van der Waals surface area contributed by atoms with Crippen molar-refractivity contribution in [3.8, 4) is 0 Å². The standard InChI is InChI=1S/C10H6BrNO3/c11-5-1-2-8-6(3-5)7(4-13)9(12-8)10(14)15/h1-4,12H,(H,14,15). The molecule has 0 fully saturated rings. The molecule has 1 heterocycles. The quantitative estimate of drug-likeness (QED) is 0.822. The first-order valence-corrected chi connectivity index (χ1v) is 4.92. The van der Waals surface area contributed by atoms with E-state index in [4.69, 9.17) is 5.11 Å². The number of hydrogen-bond acceptors (Lipinski definition) is 2. The average Bonchev–Trinajstić information content (AvgIpc) is 2.55. The summed E-state index contributed by atoms with van der Waals surface area (Å²) in [6, 6.07) is 5.21. The summed E-state index contributed by atoms with van der Waals surface area (Å²) in [5.41, 5.74) is 0.745. The maximum absolute atomic E-state index is 10.8. The molecule has 76 valence electrons. The number of halogens is 1. The zero-order valence-corrected chi connectivity index (χ0v) is 9.04. The molecule has 4 nitrogen and oxygen atoms in total. The molecular weight excluding hydrogens is 262 g/mol. The number of aromatic carboxylic acids is 1. The fourth-order valence-corrected chi connectivity index (χ4v) is 1.84. The molecule has 5 heteroatoms. The molecule has 15 heavy (non-hydrogen) atoms. The normalized spacial score (nSPS) is 10.5. The number of H-pyrrole nitrogens is 1. The topological polar surface area (TPSA) is 70.2 Å². The fourth-order valence-electron chi connectivity index (χ4n) is 1.48.